The minimum Gasteiger partial charge on any atom is -0.497 e. The molecule has 1 N–H and O–H groups in total. The second kappa shape index (κ2) is 7.27. The lowest BCUT2D eigenvalue weighted by molar-refractivity contribution is -0.135. The number of nitrogens with zero attached hydrogens (tertiary/aromatic N) is 3. The fourth-order valence-corrected chi connectivity index (χ4v) is 2.87. The van der Waals surface area contributed by atoms with Crippen LogP contribution in [-0.4, -0.2) is 47.1 Å². The molecule has 1 saturated heterocycles. The number of benzene rings is 1. The molecule has 1 unspecified atom stereocenters. The molecule has 0 radical (unpaired) electrons. The van der Waals surface area contributed by atoms with Crippen molar-refractivity contribution < 1.29 is 9.53 Å². The third-order valence-corrected chi connectivity index (χ3v) is 4.15. The highest BCUT2D eigenvalue weighted by Crippen LogP contribution is 2.24. The molecular formula is C17H20N4O3. The molecule has 1 aromatic heterocycles. The number of amides is 1. The van der Waals surface area contributed by atoms with Gasteiger partial charge in [-0.3, -0.25) is 9.36 Å². The van der Waals surface area contributed by atoms with Crippen LogP contribution in [0.4, 0.5) is 0 Å². The van der Waals surface area contributed by atoms with Crippen molar-refractivity contribution in [2.24, 2.45) is 0 Å². The average molecular weight is 328 g/mol. The predicted octanol–water partition coefficient (Wildman–Crippen LogP) is 0.425. The highest BCUT2D eigenvalue weighted by atomic mass is 16.5. The third kappa shape index (κ3) is 3.46. The Bertz CT molecular complexity index is 757. The minimum atomic E-state index is -0.415. The fourth-order valence-electron chi connectivity index (χ4n) is 2.87. The molecule has 0 spiro atoms. The van der Waals surface area contributed by atoms with Gasteiger partial charge in [0.2, 0.25) is 5.91 Å². The third-order valence-electron chi connectivity index (χ3n) is 4.15. The first-order chi connectivity index (χ1) is 11.7. The van der Waals surface area contributed by atoms with Crippen LogP contribution in [0.3, 0.4) is 0 Å². The molecule has 3 rings (SSSR count). The van der Waals surface area contributed by atoms with Gasteiger partial charge in [0.1, 0.15) is 12.3 Å². The monoisotopic (exact) mass is 328 g/mol. The van der Waals surface area contributed by atoms with Gasteiger partial charge in [-0.25, -0.2) is 9.78 Å². The number of nitrogens with one attached hydrogen (secondary N) is 1. The number of hydrogen-bond donors (Lipinski definition) is 1. The summed E-state index contributed by atoms with van der Waals surface area (Å²) in [6.07, 6.45) is 3.01. The van der Waals surface area contributed by atoms with Crippen molar-refractivity contribution in [3.05, 3.63) is 58.8 Å². The molecule has 0 bridgehead atoms. The summed E-state index contributed by atoms with van der Waals surface area (Å²) in [5.41, 5.74) is 0.622. The van der Waals surface area contributed by atoms with Crippen LogP contribution in [0.2, 0.25) is 0 Å². The molecule has 2 heterocycles. The Morgan fingerprint density at radius 2 is 2.17 bits per heavy atom. The van der Waals surface area contributed by atoms with E-state index in [2.05, 4.69) is 10.3 Å². The van der Waals surface area contributed by atoms with Crippen molar-refractivity contribution >= 4 is 5.91 Å². The molecule has 1 aromatic carbocycles. The lowest BCUT2D eigenvalue weighted by Gasteiger charge is -2.36. The van der Waals surface area contributed by atoms with E-state index in [1.165, 1.54) is 10.8 Å². The maximum absolute atomic E-state index is 12.7. The van der Waals surface area contributed by atoms with Crippen LogP contribution in [0.5, 0.6) is 5.75 Å². The van der Waals surface area contributed by atoms with Gasteiger partial charge in [-0.15, -0.1) is 0 Å². The number of aromatic nitrogens is 2. The average Bonchev–Trinajstić information content (AvgIpc) is 2.63. The van der Waals surface area contributed by atoms with Gasteiger partial charge in [0.05, 0.1) is 13.2 Å². The van der Waals surface area contributed by atoms with E-state index in [4.69, 9.17) is 4.74 Å². The zero-order valence-corrected chi connectivity index (χ0v) is 13.5. The summed E-state index contributed by atoms with van der Waals surface area (Å²) in [6, 6.07) is 9.29. The molecule has 0 aliphatic carbocycles. The highest BCUT2D eigenvalue weighted by molar-refractivity contribution is 5.76. The van der Waals surface area contributed by atoms with Crippen molar-refractivity contribution in [1.29, 1.82) is 0 Å². The summed E-state index contributed by atoms with van der Waals surface area (Å²) >= 11 is 0. The van der Waals surface area contributed by atoms with E-state index in [0.29, 0.717) is 13.1 Å². The molecule has 1 fully saturated rings. The predicted molar refractivity (Wildman–Crippen MR) is 88.8 cm³/mol. The minimum absolute atomic E-state index is 0.000667. The maximum Gasteiger partial charge on any atom is 0.347 e. The van der Waals surface area contributed by atoms with Gasteiger partial charge in [0, 0.05) is 32.0 Å². The van der Waals surface area contributed by atoms with Gasteiger partial charge >= 0.3 is 5.69 Å². The van der Waals surface area contributed by atoms with E-state index in [-0.39, 0.29) is 18.5 Å². The van der Waals surface area contributed by atoms with Crippen LogP contribution in [0.1, 0.15) is 11.6 Å². The summed E-state index contributed by atoms with van der Waals surface area (Å²) in [5.74, 6) is 0.690. The smallest absolute Gasteiger partial charge is 0.347 e. The van der Waals surface area contributed by atoms with Crippen molar-refractivity contribution in [3.8, 4) is 5.75 Å². The summed E-state index contributed by atoms with van der Waals surface area (Å²) in [7, 11) is 1.62. The lowest BCUT2D eigenvalue weighted by Crippen LogP contribution is -2.50. The Labute approximate surface area is 139 Å². The number of rotatable bonds is 4. The first kappa shape index (κ1) is 16.2. The SMILES string of the molecule is COc1ccc(C2CNCCN2C(=O)Cn2cccnc2=O)cc1. The van der Waals surface area contributed by atoms with Gasteiger partial charge in [-0.05, 0) is 23.8 Å². The Morgan fingerprint density at radius 1 is 1.38 bits per heavy atom. The quantitative estimate of drug-likeness (QED) is 0.880. The van der Waals surface area contributed by atoms with Crippen LogP contribution < -0.4 is 15.7 Å². The van der Waals surface area contributed by atoms with Crippen molar-refractivity contribution in [2.45, 2.75) is 12.6 Å². The Kier molecular flexibility index (Phi) is 4.90. The summed E-state index contributed by atoms with van der Waals surface area (Å²) in [6.45, 7) is 2.02. The van der Waals surface area contributed by atoms with Crippen molar-refractivity contribution in [2.75, 3.05) is 26.7 Å². The number of carbonyl (C=O) groups is 1. The standard InChI is InChI=1S/C17H20N4O3/c1-24-14-5-3-13(4-6-14)15-11-18-8-10-21(15)16(22)12-20-9-2-7-19-17(20)23/h2-7,9,15,18H,8,10-12H2,1H3. The lowest BCUT2D eigenvalue weighted by atomic mass is 10.0. The molecular weight excluding hydrogens is 308 g/mol. The van der Waals surface area contributed by atoms with Gasteiger partial charge in [0.15, 0.2) is 0 Å². The van der Waals surface area contributed by atoms with E-state index in [9.17, 15) is 9.59 Å². The van der Waals surface area contributed by atoms with Crippen LogP contribution in [0.15, 0.2) is 47.5 Å². The van der Waals surface area contributed by atoms with Gasteiger partial charge in [0.25, 0.3) is 0 Å². The van der Waals surface area contributed by atoms with Crippen LogP contribution >= 0.6 is 0 Å². The Balaban J connectivity index is 1.79. The zero-order valence-electron chi connectivity index (χ0n) is 13.5. The summed E-state index contributed by atoms with van der Waals surface area (Å²) in [5, 5.41) is 3.32. The van der Waals surface area contributed by atoms with E-state index in [1.807, 2.05) is 29.2 Å². The van der Waals surface area contributed by atoms with E-state index >= 15 is 0 Å². The second-order valence-electron chi connectivity index (χ2n) is 5.61. The zero-order chi connectivity index (χ0) is 16.9. The second-order valence-corrected chi connectivity index (χ2v) is 5.61. The topological polar surface area (TPSA) is 76.5 Å². The van der Waals surface area contributed by atoms with Gasteiger partial charge in [-0.1, -0.05) is 12.1 Å². The normalized spacial score (nSPS) is 17.5. The molecule has 24 heavy (non-hydrogen) atoms. The summed E-state index contributed by atoms with van der Waals surface area (Å²) in [4.78, 5) is 29.9. The molecule has 7 heteroatoms. The fraction of sp³-hybridized carbons (Fsp3) is 0.353. The number of carbonyl (C=O) groups excluding carboxylic acids is 1. The maximum atomic E-state index is 12.7. The van der Waals surface area contributed by atoms with Crippen molar-refractivity contribution in [1.82, 2.24) is 19.8 Å². The van der Waals surface area contributed by atoms with E-state index in [0.717, 1.165) is 17.9 Å². The molecule has 126 valence electrons. The molecule has 0 saturated carbocycles. The first-order valence-electron chi connectivity index (χ1n) is 7.84. The number of methoxy groups -OCH3 is 1. The molecule has 1 amide bonds. The Hall–Kier alpha value is -2.67. The molecule has 1 aliphatic rings. The van der Waals surface area contributed by atoms with Crippen molar-refractivity contribution in [3.63, 3.8) is 0 Å². The number of piperazine rings is 1. The van der Waals surface area contributed by atoms with Crippen LogP contribution in [0.25, 0.3) is 0 Å². The largest absolute Gasteiger partial charge is 0.497 e. The molecule has 1 aliphatic heterocycles. The highest BCUT2D eigenvalue weighted by Gasteiger charge is 2.28. The Morgan fingerprint density at radius 3 is 2.88 bits per heavy atom. The number of hydrogen-bond acceptors (Lipinski definition) is 5. The summed E-state index contributed by atoms with van der Waals surface area (Å²) < 4.78 is 6.51. The van der Waals surface area contributed by atoms with Gasteiger partial charge in [-0.2, -0.15) is 0 Å². The number of ether oxygens (including phenoxy) is 1. The molecule has 7 nitrogen and oxygen atoms in total. The molecule has 1 atom stereocenters. The van der Waals surface area contributed by atoms with E-state index < -0.39 is 5.69 Å². The van der Waals surface area contributed by atoms with Crippen LogP contribution in [0, 0.1) is 0 Å². The van der Waals surface area contributed by atoms with Crippen LogP contribution in [-0.2, 0) is 11.3 Å². The van der Waals surface area contributed by atoms with E-state index in [1.54, 1.807) is 19.4 Å². The first-order valence-corrected chi connectivity index (χ1v) is 7.84. The van der Waals surface area contributed by atoms with Gasteiger partial charge < -0.3 is 15.0 Å². The molecule has 2 aromatic rings.